The molecule has 2 fully saturated rings. The van der Waals surface area contributed by atoms with E-state index in [9.17, 15) is 49.5 Å². The third-order valence-electron chi connectivity index (χ3n) is 9.81. The van der Waals surface area contributed by atoms with E-state index in [4.69, 9.17) is 14.2 Å². The summed E-state index contributed by atoms with van der Waals surface area (Å²) in [6.45, 7) is 13.1. The second-order valence-corrected chi connectivity index (χ2v) is 13.9. The van der Waals surface area contributed by atoms with Gasteiger partial charge in [0.1, 0.15) is 12.2 Å². The summed E-state index contributed by atoms with van der Waals surface area (Å²) in [6.07, 6.45) is -1.17. The molecular weight excluding hydrogens is 652 g/mol. The quantitative estimate of drug-likeness (QED) is 0.0786. The van der Waals surface area contributed by atoms with E-state index in [2.05, 4.69) is 20.4 Å². The van der Waals surface area contributed by atoms with Crippen molar-refractivity contribution in [2.45, 2.75) is 115 Å². The SMILES string of the molecule is C=C(CC[C@]12O[C@H](C(=O)O)[C@@](O)(C(=O)O)[C@](C(=O)O)(O1)[C@H](CC(=O)/C=C/[C@@H](C)C[C@@H](C)CCC)[C@H]2O)[C@@H](OC(C)=O)[C@H](C)Cc1ccccc1. The maximum atomic E-state index is 13.3. The van der Waals surface area contributed by atoms with Gasteiger partial charge in [0.15, 0.2) is 11.6 Å². The van der Waals surface area contributed by atoms with E-state index in [0.717, 1.165) is 24.8 Å². The van der Waals surface area contributed by atoms with Gasteiger partial charge >= 0.3 is 23.9 Å². The van der Waals surface area contributed by atoms with Crippen LogP contribution in [0.3, 0.4) is 0 Å². The van der Waals surface area contributed by atoms with Crippen molar-refractivity contribution < 1.29 is 63.7 Å². The Labute approximate surface area is 291 Å². The van der Waals surface area contributed by atoms with Crippen LogP contribution in [-0.4, -0.2) is 90.5 Å². The molecule has 2 bridgehead atoms. The molecule has 0 amide bonds. The van der Waals surface area contributed by atoms with Crippen LogP contribution >= 0.6 is 0 Å². The molecule has 0 radical (unpaired) electrons. The highest BCUT2D eigenvalue weighted by molar-refractivity contribution is 5.98. The largest absolute Gasteiger partial charge is 0.479 e. The fourth-order valence-corrected chi connectivity index (χ4v) is 7.48. The molecule has 0 saturated carbocycles. The molecule has 13 heteroatoms. The normalized spacial score (nSPS) is 29.9. The molecule has 0 aromatic heterocycles. The van der Waals surface area contributed by atoms with Crippen LogP contribution in [0, 0.1) is 23.7 Å². The van der Waals surface area contributed by atoms with Crippen molar-refractivity contribution in [2.24, 2.45) is 23.7 Å². The molecule has 1 aromatic carbocycles. The van der Waals surface area contributed by atoms with Crippen molar-refractivity contribution in [3.05, 3.63) is 60.2 Å². The molecule has 13 nitrogen and oxygen atoms in total. The first-order valence-electron chi connectivity index (χ1n) is 16.9. The molecule has 2 heterocycles. The Balaban J connectivity index is 2.00. The minimum absolute atomic E-state index is 0.0413. The molecule has 276 valence electrons. The standard InChI is InChI=1S/C37H50O13/c1-7-11-21(2)18-22(3)14-15-27(39)20-28-30(40)35(49-31(32(41)42)36(47,33(43)44)37(28,50-35)34(45)46)17-16-23(4)29(48-25(6)38)24(5)19-26-12-9-8-10-13-26/h8-10,12-15,21-22,24,28-31,40,47H,4,7,11,16-20H2,1-3,5-6H3,(H,41,42)(H,43,44)(H,45,46)/b15-14+/t21-,22+,24+,28+,29+,30+,31+,35-,36+,37-/m0/s1. The average molecular weight is 703 g/mol. The van der Waals surface area contributed by atoms with Gasteiger partial charge in [-0.25, -0.2) is 14.4 Å². The van der Waals surface area contributed by atoms with Gasteiger partial charge < -0.3 is 39.7 Å². The number of benzene rings is 1. The van der Waals surface area contributed by atoms with Crippen molar-refractivity contribution in [1.82, 2.24) is 0 Å². The maximum absolute atomic E-state index is 13.3. The molecule has 2 aliphatic heterocycles. The first-order chi connectivity index (χ1) is 23.4. The van der Waals surface area contributed by atoms with Gasteiger partial charge in [-0.3, -0.25) is 9.59 Å². The lowest BCUT2D eigenvalue weighted by Crippen LogP contribution is -2.77. The lowest BCUT2D eigenvalue weighted by atomic mass is 9.68. The molecule has 2 aliphatic rings. The van der Waals surface area contributed by atoms with Gasteiger partial charge in [0.05, 0.1) is 0 Å². The molecule has 2 saturated heterocycles. The number of ketones is 1. The van der Waals surface area contributed by atoms with Gasteiger partial charge in [0.25, 0.3) is 0 Å². The van der Waals surface area contributed by atoms with Crippen molar-refractivity contribution >= 4 is 29.7 Å². The van der Waals surface area contributed by atoms with Crippen LogP contribution in [-0.2, 0) is 44.6 Å². The zero-order chi connectivity index (χ0) is 37.6. The Morgan fingerprint density at radius 3 is 2.22 bits per heavy atom. The van der Waals surface area contributed by atoms with Gasteiger partial charge in [0.2, 0.25) is 17.3 Å². The number of carbonyl (C=O) groups is 5. The monoisotopic (exact) mass is 702 g/mol. The summed E-state index contributed by atoms with van der Waals surface area (Å²) < 4.78 is 17.0. The predicted octanol–water partition coefficient (Wildman–Crippen LogP) is 3.94. The summed E-state index contributed by atoms with van der Waals surface area (Å²) in [5, 5.41) is 54.0. The Bertz CT molecular complexity index is 1460. The molecular formula is C37H50O13. The van der Waals surface area contributed by atoms with Gasteiger partial charge in [0, 0.05) is 31.6 Å². The summed E-state index contributed by atoms with van der Waals surface area (Å²) in [6, 6.07) is 9.36. The number of aliphatic hydroxyl groups is 2. The highest BCUT2D eigenvalue weighted by atomic mass is 16.8. The van der Waals surface area contributed by atoms with Crippen LogP contribution in [0.1, 0.15) is 78.7 Å². The molecule has 5 N–H and O–H groups in total. The predicted molar refractivity (Wildman–Crippen MR) is 179 cm³/mol. The minimum Gasteiger partial charge on any atom is -0.479 e. The third kappa shape index (κ3) is 8.17. The van der Waals surface area contributed by atoms with E-state index in [1.165, 1.54) is 13.0 Å². The number of esters is 1. The molecule has 0 aliphatic carbocycles. The van der Waals surface area contributed by atoms with Crippen molar-refractivity contribution in [3.63, 3.8) is 0 Å². The number of hydrogen-bond donors (Lipinski definition) is 5. The number of allylic oxidation sites excluding steroid dienone is 2. The Kier molecular flexibility index (Phi) is 13.3. The van der Waals surface area contributed by atoms with Crippen molar-refractivity contribution in [3.8, 4) is 0 Å². The fraction of sp³-hybridized carbons (Fsp3) is 0.595. The zero-order valence-electron chi connectivity index (χ0n) is 29.2. The average Bonchev–Trinajstić information content (AvgIpc) is 3.25. The Hall–Kier alpha value is -3.91. The number of rotatable bonds is 19. The number of aliphatic carboxylic acids is 3. The van der Waals surface area contributed by atoms with Crippen LogP contribution in [0.5, 0.6) is 0 Å². The molecule has 0 spiro atoms. The smallest absolute Gasteiger partial charge is 0.342 e. The van der Waals surface area contributed by atoms with E-state index >= 15 is 0 Å². The van der Waals surface area contributed by atoms with Gasteiger partial charge in [-0.15, -0.1) is 0 Å². The number of aliphatic hydroxyl groups excluding tert-OH is 1. The van der Waals surface area contributed by atoms with Crippen LogP contribution in [0.25, 0.3) is 0 Å². The summed E-state index contributed by atoms with van der Waals surface area (Å²) in [4.78, 5) is 63.5. The third-order valence-corrected chi connectivity index (χ3v) is 9.81. The van der Waals surface area contributed by atoms with Gasteiger partial charge in [-0.2, -0.15) is 0 Å². The topological polar surface area (TPSA) is 214 Å². The summed E-state index contributed by atoms with van der Waals surface area (Å²) in [7, 11) is 0. The Morgan fingerprint density at radius 1 is 1.04 bits per heavy atom. The second-order valence-electron chi connectivity index (χ2n) is 13.9. The lowest BCUT2D eigenvalue weighted by molar-refractivity contribution is -0.373. The van der Waals surface area contributed by atoms with Crippen molar-refractivity contribution in [2.75, 3.05) is 0 Å². The fourth-order valence-electron chi connectivity index (χ4n) is 7.48. The summed E-state index contributed by atoms with van der Waals surface area (Å²) in [5.41, 5.74) is -5.87. The number of carboxylic acids is 3. The van der Waals surface area contributed by atoms with Crippen LogP contribution in [0.2, 0.25) is 0 Å². The van der Waals surface area contributed by atoms with Crippen LogP contribution in [0.15, 0.2) is 54.6 Å². The van der Waals surface area contributed by atoms with E-state index in [-0.39, 0.29) is 23.8 Å². The highest BCUT2D eigenvalue weighted by Gasteiger charge is 2.84. The summed E-state index contributed by atoms with van der Waals surface area (Å²) >= 11 is 0. The minimum atomic E-state index is -3.77. The van der Waals surface area contributed by atoms with Crippen LogP contribution in [0.4, 0.5) is 0 Å². The van der Waals surface area contributed by atoms with E-state index in [1.807, 2.05) is 44.2 Å². The molecule has 0 unspecified atom stereocenters. The molecule has 3 rings (SSSR count). The zero-order valence-corrected chi connectivity index (χ0v) is 29.2. The number of ether oxygens (including phenoxy) is 3. The van der Waals surface area contributed by atoms with E-state index in [0.29, 0.717) is 12.3 Å². The van der Waals surface area contributed by atoms with E-state index < -0.39 is 83.7 Å². The van der Waals surface area contributed by atoms with Gasteiger partial charge in [-0.05, 0) is 48.3 Å². The molecule has 10 atom stereocenters. The number of fused-ring (bicyclic) bond motifs is 2. The van der Waals surface area contributed by atoms with Crippen LogP contribution < -0.4 is 0 Å². The second kappa shape index (κ2) is 16.4. The lowest BCUT2D eigenvalue weighted by Gasteiger charge is -2.49. The Morgan fingerprint density at radius 2 is 1.68 bits per heavy atom. The van der Waals surface area contributed by atoms with Gasteiger partial charge in [-0.1, -0.05) is 83.5 Å². The number of hydrogen-bond acceptors (Lipinski definition) is 10. The van der Waals surface area contributed by atoms with E-state index in [1.54, 1.807) is 6.08 Å². The highest BCUT2D eigenvalue weighted by Crippen LogP contribution is 2.58. The van der Waals surface area contributed by atoms with Crippen molar-refractivity contribution in [1.29, 1.82) is 0 Å². The first kappa shape index (κ1) is 40.5. The summed E-state index contributed by atoms with van der Waals surface area (Å²) in [5.74, 6) is -12.2. The number of carboxylic acid groups (broad SMARTS) is 3. The number of carbonyl (C=O) groups excluding carboxylic acids is 2. The maximum Gasteiger partial charge on any atom is 0.342 e. The molecule has 1 aromatic rings. The molecule has 50 heavy (non-hydrogen) atoms. The first-order valence-corrected chi connectivity index (χ1v) is 16.9.